The average molecular weight is 405 g/mol. The number of aromatic nitrogens is 1. The van der Waals surface area contributed by atoms with Gasteiger partial charge in [-0.1, -0.05) is 12.1 Å². The van der Waals surface area contributed by atoms with Crippen molar-refractivity contribution in [3.05, 3.63) is 67.0 Å². The molecule has 1 atom stereocenters. The molecule has 8 nitrogen and oxygen atoms in total. The minimum atomic E-state index is -3.96. The Kier molecular flexibility index (Phi) is 7.68. The lowest BCUT2D eigenvalue weighted by Crippen LogP contribution is -2.42. The molecule has 0 bridgehead atoms. The second kappa shape index (κ2) is 9.98. The van der Waals surface area contributed by atoms with Crippen molar-refractivity contribution in [2.24, 2.45) is 0 Å². The third kappa shape index (κ3) is 5.38. The fourth-order valence-corrected chi connectivity index (χ4v) is 4.34. The number of nitrogens with zero attached hydrogens (tertiary/aromatic N) is 2. The third-order valence-electron chi connectivity index (χ3n) is 4.12. The SMILES string of the molecule is C=CCC(CC(=O)NO)N(Cc1cccnc1)S(=O)(=O)c1ccc(OC)cc1. The summed E-state index contributed by atoms with van der Waals surface area (Å²) >= 11 is 0. The second-order valence-electron chi connectivity index (χ2n) is 6.00. The van der Waals surface area contributed by atoms with E-state index in [1.54, 1.807) is 42.1 Å². The summed E-state index contributed by atoms with van der Waals surface area (Å²) < 4.78 is 33.0. The number of amides is 1. The highest BCUT2D eigenvalue weighted by Gasteiger charge is 2.32. The molecule has 0 saturated carbocycles. The van der Waals surface area contributed by atoms with E-state index in [9.17, 15) is 13.2 Å². The molecule has 0 fully saturated rings. The second-order valence-corrected chi connectivity index (χ2v) is 7.89. The van der Waals surface area contributed by atoms with Crippen LogP contribution in [0, 0.1) is 0 Å². The van der Waals surface area contributed by atoms with Crippen LogP contribution in [0.3, 0.4) is 0 Å². The molecule has 1 amide bonds. The molecule has 1 aromatic heterocycles. The fourth-order valence-electron chi connectivity index (χ4n) is 2.72. The van der Waals surface area contributed by atoms with Crippen LogP contribution in [0.4, 0.5) is 0 Å². The summed E-state index contributed by atoms with van der Waals surface area (Å²) in [5.41, 5.74) is 2.22. The summed E-state index contributed by atoms with van der Waals surface area (Å²) in [6.07, 6.45) is 4.69. The van der Waals surface area contributed by atoms with Crippen molar-refractivity contribution in [1.29, 1.82) is 0 Å². The number of sulfonamides is 1. The summed E-state index contributed by atoms with van der Waals surface area (Å²) in [6, 6.07) is 8.72. The first kappa shape index (κ1) is 21.5. The van der Waals surface area contributed by atoms with Crippen molar-refractivity contribution in [3.8, 4) is 5.75 Å². The summed E-state index contributed by atoms with van der Waals surface area (Å²) in [4.78, 5) is 15.8. The van der Waals surface area contributed by atoms with Crippen LogP contribution in [0.25, 0.3) is 0 Å². The van der Waals surface area contributed by atoms with E-state index >= 15 is 0 Å². The van der Waals surface area contributed by atoms with E-state index in [0.717, 1.165) is 0 Å². The Bertz CT molecular complexity index is 886. The van der Waals surface area contributed by atoms with Gasteiger partial charge in [-0.15, -0.1) is 6.58 Å². The average Bonchev–Trinajstić information content (AvgIpc) is 2.72. The van der Waals surface area contributed by atoms with Gasteiger partial charge in [0.05, 0.1) is 12.0 Å². The summed E-state index contributed by atoms with van der Waals surface area (Å²) in [6.45, 7) is 3.67. The topological polar surface area (TPSA) is 109 Å². The quantitative estimate of drug-likeness (QED) is 0.356. The van der Waals surface area contributed by atoms with Crippen molar-refractivity contribution in [3.63, 3.8) is 0 Å². The standard InChI is InChI=1S/C19H23N3O5S/c1-3-5-16(12-19(23)21-24)22(14-15-6-4-11-20-13-15)28(25,26)18-9-7-17(27-2)8-10-18/h3-4,6-11,13,16,24H,1,5,12,14H2,2H3,(H,21,23). The number of hydrogen-bond donors (Lipinski definition) is 2. The Morgan fingerprint density at radius 2 is 2.07 bits per heavy atom. The number of hydrogen-bond acceptors (Lipinski definition) is 6. The predicted octanol–water partition coefficient (Wildman–Crippen LogP) is 2.12. The number of benzene rings is 1. The first-order chi connectivity index (χ1) is 13.4. The largest absolute Gasteiger partial charge is 0.497 e. The van der Waals surface area contributed by atoms with Crippen molar-refractivity contribution in [2.45, 2.75) is 30.3 Å². The van der Waals surface area contributed by atoms with E-state index in [1.165, 1.54) is 29.6 Å². The van der Waals surface area contributed by atoms with Crippen molar-refractivity contribution >= 4 is 15.9 Å². The van der Waals surface area contributed by atoms with E-state index in [1.807, 2.05) is 0 Å². The Hall–Kier alpha value is -2.75. The van der Waals surface area contributed by atoms with Crippen LogP contribution in [-0.2, 0) is 21.4 Å². The van der Waals surface area contributed by atoms with Crippen LogP contribution >= 0.6 is 0 Å². The molecule has 1 heterocycles. The van der Waals surface area contributed by atoms with Crippen LogP contribution in [0.15, 0.2) is 66.3 Å². The van der Waals surface area contributed by atoms with E-state index in [-0.39, 0.29) is 24.3 Å². The molecular formula is C19H23N3O5S. The number of rotatable bonds is 10. The van der Waals surface area contributed by atoms with Gasteiger partial charge in [0.1, 0.15) is 5.75 Å². The highest BCUT2D eigenvalue weighted by atomic mass is 32.2. The Labute approximate surface area is 164 Å². The summed E-state index contributed by atoms with van der Waals surface area (Å²) in [7, 11) is -2.47. The summed E-state index contributed by atoms with van der Waals surface area (Å²) in [5, 5.41) is 8.88. The lowest BCUT2D eigenvalue weighted by molar-refractivity contribution is -0.130. The Balaban J connectivity index is 2.47. The molecule has 0 aliphatic rings. The van der Waals surface area contributed by atoms with Crippen LogP contribution < -0.4 is 10.2 Å². The van der Waals surface area contributed by atoms with Gasteiger partial charge in [-0.05, 0) is 42.3 Å². The minimum absolute atomic E-state index is 0.0133. The highest BCUT2D eigenvalue weighted by molar-refractivity contribution is 7.89. The molecule has 28 heavy (non-hydrogen) atoms. The molecule has 2 aromatic rings. The van der Waals surface area contributed by atoms with Gasteiger partial charge < -0.3 is 4.74 Å². The smallest absolute Gasteiger partial charge is 0.244 e. The number of carbonyl (C=O) groups is 1. The Morgan fingerprint density at radius 1 is 1.36 bits per heavy atom. The van der Waals surface area contributed by atoms with E-state index in [0.29, 0.717) is 11.3 Å². The van der Waals surface area contributed by atoms with Crippen LogP contribution in [-0.4, -0.2) is 42.0 Å². The molecule has 0 spiro atoms. The maximum Gasteiger partial charge on any atom is 0.244 e. The van der Waals surface area contributed by atoms with E-state index in [4.69, 9.17) is 9.94 Å². The minimum Gasteiger partial charge on any atom is -0.497 e. The van der Waals surface area contributed by atoms with E-state index in [2.05, 4.69) is 11.6 Å². The number of pyridine rings is 1. The maximum atomic E-state index is 13.4. The van der Waals surface area contributed by atoms with Crippen LogP contribution in [0.1, 0.15) is 18.4 Å². The molecule has 1 aromatic carbocycles. The van der Waals surface area contributed by atoms with Gasteiger partial charge in [0.25, 0.3) is 0 Å². The van der Waals surface area contributed by atoms with E-state index < -0.39 is 22.0 Å². The fraction of sp³-hybridized carbons (Fsp3) is 0.263. The van der Waals surface area contributed by atoms with Gasteiger partial charge in [0.2, 0.25) is 15.9 Å². The molecular weight excluding hydrogens is 382 g/mol. The lowest BCUT2D eigenvalue weighted by Gasteiger charge is -2.30. The molecule has 0 radical (unpaired) electrons. The first-order valence-corrected chi connectivity index (χ1v) is 9.95. The van der Waals surface area contributed by atoms with Crippen molar-refractivity contribution < 1.29 is 23.2 Å². The first-order valence-electron chi connectivity index (χ1n) is 8.51. The molecule has 2 N–H and O–H groups in total. The van der Waals surface area contributed by atoms with Gasteiger partial charge in [0, 0.05) is 31.4 Å². The molecule has 0 saturated heterocycles. The van der Waals surface area contributed by atoms with Gasteiger partial charge in [-0.3, -0.25) is 15.0 Å². The zero-order chi connectivity index (χ0) is 20.6. The molecule has 0 aliphatic heterocycles. The molecule has 150 valence electrons. The molecule has 9 heteroatoms. The Morgan fingerprint density at radius 3 is 2.61 bits per heavy atom. The van der Waals surface area contributed by atoms with Crippen molar-refractivity contribution in [2.75, 3.05) is 7.11 Å². The maximum absolute atomic E-state index is 13.4. The number of methoxy groups -OCH3 is 1. The zero-order valence-electron chi connectivity index (χ0n) is 15.5. The number of ether oxygens (including phenoxy) is 1. The van der Waals surface area contributed by atoms with Gasteiger partial charge in [0.15, 0.2) is 0 Å². The number of hydroxylamine groups is 1. The molecule has 1 unspecified atom stereocenters. The van der Waals surface area contributed by atoms with Crippen molar-refractivity contribution in [1.82, 2.24) is 14.8 Å². The van der Waals surface area contributed by atoms with Gasteiger partial charge in [-0.25, -0.2) is 13.9 Å². The number of carbonyl (C=O) groups excluding carboxylic acids is 1. The molecule has 0 aliphatic carbocycles. The third-order valence-corrected chi connectivity index (χ3v) is 6.03. The van der Waals surface area contributed by atoms with Crippen LogP contribution in [0.2, 0.25) is 0 Å². The highest BCUT2D eigenvalue weighted by Crippen LogP contribution is 2.25. The monoisotopic (exact) mass is 405 g/mol. The molecule has 2 rings (SSSR count). The lowest BCUT2D eigenvalue weighted by atomic mass is 10.1. The van der Waals surface area contributed by atoms with Gasteiger partial charge >= 0.3 is 0 Å². The number of nitrogens with one attached hydrogen (secondary N) is 1. The zero-order valence-corrected chi connectivity index (χ0v) is 16.3. The predicted molar refractivity (Wildman–Crippen MR) is 103 cm³/mol. The summed E-state index contributed by atoms with van der Waals surface area (Å²) in [5.74, 6) is -0.159. The van der Waals surface area contributed by atoms with Crippen LogP contribution in [0.5, 0.6) is 5.75 Å². The van der Waals surface area contributed by atoms with Gasteiger partial charge in [-0.2, -0.15) is 4.31 Å². The normalized spacial score (nSPS) is 12.4.